The van der Waals surface area contributed by atoms with E-state index in [1.807, 2.05) is 54.3 Å². The van der Waals surface area contributed by atoms with Gasteiger partial charge in [0.05, 0.1) is 29.0 Å². The van der Waals surface area contributed by atoms with Gasteiger partial charge in [0, 0.05) is 11.7 Å². The van der Waals surface area contributed by atoms with Gasteiger partial charge in [0.2, 0.25) is 5.91 Å². The molecule has 6 nitrogen and oxygen atoms in total. The maximum absolute atomic E-state index is 13.5. The largest absolute Gasteiger partial charge is 0.467 e. The zero-order chi connectivity index (χ0) is 22.2. The summed E-state index contributed by atoms with van der Waals surface area (Å²) in [5, 5.41) is 0.634. The van der Waals surface area contributed by atoms with Gasteiger partial charge in [-0.05, 0) is 56.2 Å². The molecule has 5 rings (SSSR count). The van der Waals surface area contributed by atoms with Crippen LogP contribution in [-0.4, -0.2) is 26.8 Å². The Morgan fingerprint density at radius 3 is 2.75 bits per heavy atom. The number of anilines is 1. The number of furan rings is 1. The Balaban J connectivity index is 1.50. The van der Waals surface area contributed by atoms with Crippen molar-refractivity contribution in [3.63, 3.8) is 0 Å². The van der Waals surface area contributed by atoms with Gasteiger partial charge in [-0.3, -0.25) is 14.2 Å². The molecule has 0 radical (unpaired) electrons. The molecular formula is C25H23N3O3S. The summed E-state index contributed by atoms with van der Waals surface area (Å²) in [5.41, 5.74) is 2.63. The summed E-state index contributed by atoms with van der Waals surface area (Å²) in [6.45, 7) is 4.20. The lowest BCUT2D eigenvalue weighted by Crippen LogP contribution is -2.40. The van der Waals surface area contributed by atoms with Gasteiger partial charge < -0.3 is 9.32 Å². The summed E-state index contributed by atoms with van der Waals surface area (Å²) in [6, 6.07) is 19.0. The standard InChI is InChI=1S/C25H23N3O3S/c1-16-14-18-8-3-6-12-22(18)28(16)23(29)17(2)32-25-26-21-11-5-4-10-20(21)24(30)27(25)15-19-9-7-13-31-19/h3-13,16-17H,14-15H2,1-2H3/t16-,17-/m0/s1. The zero-order valence-corrected chi connectivity index (χ0v) is 18.7. The Bertz CT molecular complexity index is 1350. The lowest BCUT2D eigenvalue weighted by molar-refractivity contribution is -0.118. The van der Waals surface area contributed by atoms with Crippen molar-refractivity contribution in [1.29, 1.82) is 0 Å². The van der Waals surface area contributed by atoms with Crippen molar-refractivity contribution in [2.45, 2.75) is 43.3 Å². The predicted molar refractivity (Wildman–Crippen MR) is 126 cm³/mol. The van der Waals surface area contributed by atoms with Crippen LogP contribution in [0.4, 0.5) is 5.69 Å². The molecule has 0 saturated carbocycles. The maximum atomic E-state index is 13.5. The van der Waals surface area contributed by atoms with Crippen molar-refractivity contribution in [3.05, 3.63) is 88.6 Å². The summed E-state index contributed by atoms with van der Waals surface area (Å²) >= 11 is 1.31. The monoisotopic (exact) mass is 445 g/mol. The number of amides is 1. The van der Waals surface area contributed by atoms with Crippen molar-refractivity contribution in [2.24, 2.45) is 0 Å². The number of fused-ring (bicyclic) bond motifs is 2. The molecule has 162 valence electrons. The highest BCUT2D eigenvalue weighted by molar-refractivity contribution is 8.00. The highest BCUT2D eigenvalue weighted by atomic mass is 32.2. The zero-order valence-electron chi connectivity index (χ0n) is 17.9. The van der Waals surface area contributed by atoms with Crippen LogP contribution in [-0.2, 0) is 17.8 Å². The molecule has 3 heterocycles. The second kappa shape index (κ2) is 8.31. The molecule has 0 spiro atoms. The highest BCUT2D eigenvalue weighted by Gasteiger charge is 2.34. The molecule has 0 aliphatic carbocycles. The van der Waals surface area contributed by atoms with E-state index >= 15 is 0 Å². The second-order valence-electron chi connectivity index (χ2n) is 8.03. The number of nitrogens with zero attached hydrogens (tertiary/aromatic N) is 3. The number of hydrogen-bond acceptors (Lipinski definition) is 5. The van der Waals surface area contributed by atoms with Crippen LogP contribution >= 0.6 is 11.8 Å². The van der Waals surface area contributed by atoms with E-state index in [9.17, 15) is 9.59 Å². The molecule has 0 saturated heterocycles. The van der Waals surface area contributed by atoms with E-state index in [4.69, 9.17) is 9.40 Å². The third-order valence-corrected chi connectivity index (χ3v) is 6.87. The van der Waals surface area contributed by atoms with Crippen molar-refractivity contribution < 1.29 is 9.21 Å². The Morgan fingerprint density at radius 2 is 1.94 bits per heavy atom. The Labute approximate surface area is 189 Å². The first-order valence-corrected chi connectivity index (χ1v) is 11.5. The molecule has 0 bridgehead atoms. The van der Waals surface area contributed by atoms with Crippen molar-refractivity contribution >= 4 is 34.3 Å². The van der Waals surface area contributed by atoms with E-state index in [1.165, 1.54) is 17.3 Å². The number of carbonyl (C=O) groups excluding carboxylic acids is 1. The third-order valence-electron chi connectivity index (χ3n) is 5.80. The number of aromatic nitrogens is 2. The molecular weight excluding hydrogens is 422 g/mol. The molecule has 0 unspecified atom stereocenters. The molecule has 2 atom stereocenters. The molecule has 32 heavy (non-hydrogen) atoms. The molecule has 0 fully saturated rings. The van der Waals surface area contributed by atoms with Gasteiger partial charge in [-0.25, -0.2) is 4.98 Å². The molecule has 2 aromatic heterocycles. The van der Waals surface area contributed by atoms with Crippen LogP contribution in [0.1, 0.15) is 25.2 Å². The van der Waals surface area contributed by atoms with E-state index in [2.05, 4.69) is 13.0 Å². The average molecular weight is 446 g/mol. The van der Waals surface area contributed by atoms with E-state index in [0.29, 0.717) is 21.8 Å². The van der Waals surface area contributed by atoms with Gasteiger partial charge in [0.25, 0.3) is 5.56 Å². The van der Waals surface area contributed by atoms with Gasteiger partial charge in [-0.2, -0.15) is 0 Å². The molecule has 4 aromatic rings. The van der Waals surface area contributed by atoms with Gasteiger partial charge >= 0.3 is 0 Å². The molecule has 1 aliphatic rings. The van der Waals surface area contributed by atoms with E-state index in [-0.39, 0.29) is 24.1 Å². The van der Waals surface area contributed by atoms with Crippen LogP contribution in [0.5, 0.6) is 0 Å². The first-order chi connectivity index (χ1) is 15.5. The van der Waals surface area contributed by atoms with Crippen LogP contribution in [0.15, 0.2) is 81.3 Å². The van der Waals surface area contributed by atoms with Crippen molar-refractivity contribution in [3.8, 4) is 0 Å². The fourth-order valence-electron chi connectivity index (χ4n) is 4.24. The van der Waals surface area contributed by atoms with E-state index in [1.54, 1.807) is 23.0 Å². The van der Waals surface area contributed by atoms with Crippen LogP contribution in [0.2, 0.25) is 0 Å². The van der Waals surface area contributed by atoms with Crippen LogP contribution in [0.3, 0.4) is 0 Å². The summed E-state index contributed by atoms with van der Waals surface area (Å²) in [6.07, 6.45) is 2.43. The lowest BCUT2D eigenvalue weighted by atomic mass is 10.1. The van der Waals surface area contributed by atoms with Crippen molar-refractivity contribution in [1.82, 2.24) is 9.55 Å². The summed E-state index contributed by atoms with van der Waals surface area (Å²) in [5.74, 6) is 0.673. The number of carbonyl (C=O) groups is 1. The van der Waals surface area contributed by atoms with Gasteiger partial charge in [0.1, 0.15) is 5.76 Å². The Morgan fingerprint density at radius 1 is 1.16 bits per heavy atom. The number of benzene rings is 2. The Kier molecular flexibility index (Phi) is 5.35. The predicted octanol–water partition coefficient (Wildman–Crippen LogP) is 4.50. The minimum Gasteiger partial charge on any atom is -0.467 e. The van der Waals surface area contributed by atoms with Crippen LogP contribution < -0.4 is 10.5 Å². The Hall–Kier alpha value is -3.32. The second-order valence-corrected chi connectivity index (χ2v) is 9.34. The maximum Gasteiger partial charge on any atom is 0.262 e. The normalized spacial score (nSPS) is 16.3. The van der Waals surface area contributed by atoms with Crippen molar-refractivity contribution in [2.75, 3.05) is 4.90 Å². The van der Waals surface area contributed by atoms with Gasteiger partial charge in [-0.1, -0.05) is 42.1 Å². The SMILES string of the molecule is C[C@H](Sc1nc2ccccc2c(=O)n1Cc1ccco1)C(=O)N1c2ccccc2C[C@@H]1C. The lowest BCUT2D eigenvalue weighted by Gasteiger charge is -2.26. The number of rotatable bonds is 5. The van der Waals surface area contributed by atoms with E-state index in [0.717, 1.165) is 12.1 Å². The smallest absolute Gasteiger partial charge is 0.262 e. The number of para-hydroxylation sites is 2. The van der Waals surface area contributed by atoms with Gasteiger partial charge in [-0.15, -0.1) is 0 Å². The number of hydrogen-bond donors (Lipinski definition) is 0. The molecule has 1 amide bonds. The topological polar surface area (TPSA) is 68.3 Å². The molecule has 2 aromatic carbocycles. The first-order valence-electron chi connectivity index (χ1n) is 10.6. The van der Waals surface area contributed by atoms with E-state index < -0.39 is 5.25 Å². The van der Waals surface area contributed by atoms with Gasteiger partial charge in [0.15, 0.2) is 5.16 Å². The minimum absolute atomic E-state index is 0.0133. The average Bonchev–Trinajstić information content (AvgIpc) is 3.42. The first kappa shape index (κ1) is 20.6. The quantitative estimate of drug-likeness (QED) is 0.334. The fraction of sp³-hybridized carbons (Fsp3) is 0.240. The summed E-state index contributed by atoms with van der Waals surface area (Å²) in [7, 11) is 0. The van der Waals surface area contributed by atoms with Crippen LogP contribution in [0.25, 0.3) is 10.9 Å². The third kappa shape index (κ3) is 3.62. The summed E-state index contributed by atoms with van der Waals surface area (Å²) in [4.78, 5) is 33.4. The fourth-order valence-corrected chi connectivity index (χ4v) is 5.20. The molecule has 0 N–H and O–H groups in total. The molecule has 1 aliphatic heterocycles. The molecule has 7 heteroatoms. The number of thioether (sulfide) groups is 1. The van der Waals surface area contributed by atoms with Crippen LogP contribution in [0, 0.1) is 0 Å². The highest BCUT2D eigenvalue weighted by Crippen LogP contribution is 2.34. The minimum atomic E-state index is -0.417. The summed E-state index contributed by atoms with van der Waals surface area (Å²) < 4.78 is 7.07.